The number of carbonyl (C=O) groups excluding carboxylic acids is 1. The van der Waals surface area contributed by atoms with Crippen LogP contribution < -0.4 is 10.5 Å². The summed E-state index contributed by atoms with van der Waals surface area (Å²) < 4.78 is 13.0. The van der Waals surface area contributed by atoms with Gasteiger partial charge in [-0.1, -0.05) is 13.8 Å². The van der Waals surface area contributed by atoms with E-state index in [1.54, 1.807) is 23.6 Å². The van der Waals surface area contributed by atoms with Gasteiger partial charge in [-0.2, -0.15) is 10.4 Å². The fourth-order valence-electron chi connectivity index (χ4n) is 3.79. The van der Waals surface area contributed by atoms with Gasteiger partial charge in [-0.15, -0.1) is 0 Å². The zero-order valence-corrected chi connectivity index (χ0v) is 18.5. The number of hydrogen-bond donors (Lipinski definition) is 1. The Morgan fingerprint density at radius 1 is 1.26 bits per heavy atom. The Morgan fingerprint density at radius 2 is 2.00 bits per heavy atom. The Labute approximate surface area is 181 Å². The number of benzene rings is 1. The van der Waals surface area contributed by atoms with Crippen LogP contribution in [0.4, 0.5) is 4.79 Å². The van der Waals surface area contributed by atoms with E-state index in [0.29, 0.717) is 17.7 Å². The van der Waals surface area contributed by atoms with E-state index in [-0.39, 0.29) is 12.5 Å². The van der Waals surface area contributed by atoms with Crippen LogP contribution >= 0.6 is 0 Å². The molecule has 2 aromatic heterocycles. The molecule has 0 aliphatic heterocycles. The molecule has 1 atom stereocenters. The zero-order chi connectivity index (χ0) is 22.8. The second kappa shape index (κ2) is 8.64. The summed E-state index contributed by atoms with van der Waals surface area (Å²) >= 11 is 0. The van der Waals surface area contributed by atoms with Crippen molar-refractivity contribution in [1.29, 1.82) is 5.26 Å². The van der Waals surface area contributed by atoms with Crippen molar-refractivity contribution in [2.75, 3.05) is 6.61 Å². The van der Waals surface area contributed by atoms with Gasteiger partial charge in [0.05, 0.1) is 17.0 Å². The van der Waals surface area contributed by atoms with Crippen LogP contribution in [0.2, 0.25) is 0 Å². The van der Waals surface area contributed by atoms with Crippen molar-refractivity contribution in [3.8, 4) is 23.1 Å². The highest BCUT2D eigenvalue weighted by Crippen LogP contribution is 2.29. The van der Waals surface area contributed by atoms with E-state index in [0.717, 1.165) is 28.3 Å². The number of ether oxygens (including phenoxy) is 2. The van der Waals surface area contributed by atoms with E-state index in [1.165, 1.54) is 0 Å². The van der Waals surface area contributed by atoms with Gasteiger partial charge >= 0.3 is 6.09 Å². The van der Waals surface area contributed by atoms with Crippen LogP contribution in [0.5, 0.6) is 5.75 Å². The lowest BCUT2D eigenvalue weighted by Crippen LogP contribution is -2.41. The van der Waals surface area contributed by atoms with Crippen molar-refractivity contribution in [3.63, 3.8) is 0 Å². The van der Waals surface area contributed by atoms with Gasteiger partial charge in [-0.25, -0.2) is 14.3 Å². The molecule has 0 bridgehead atoms. The standard InChI is InChI=1S/C23H27N5O3/c1-14(2)11-23(5,31-22(25)29)13-30-20-7-6-17(10-18(20)12-24)19-8-15(3)26-21-9-16(4)27-28(19)21/h6-10,14H,11,13H2,1-5H3,(H2,25,29). The molecule has 8 nitrogen and oxygen atoms in total. The number of amides is 1. The molecule has 1 amide bonds. The highest BCUT2D eigenvalue weighted by Gasteiger charge is 2.31. The van der Waals surface area contributed by atoms with Crippen LogP contribution in [-0.2, 0) is 4.74 Å². The SMILES string of the molecule is Cc1cc(-c2ccc(OCC(C)(CC(C)C)OC(N)=O)c(C#N)c2)n2nc(C)cc2n1. The molecule has 2 heterocycles. The minimum Gasteiger partial charge on any atom is -0.488 e. The normalized spacial score (nSPS) is 13.1. The topological polar surface area (TPSA) is 116 Å². The van der Waals surface area contributed by atoms with Crippen LogP contribution in [0, 0.1) is 31.1 Å². The molecule has 0 aliphatic rings. The van der Waals surface area contributed by atoms with Crippen molar-refractivity contribution in [2.45, 2.75) is 46.6 Å². The molecular weight excluding hydrogens is 394 g/mol. The number of aryl methyl sites for hydroxylation is 2. The molecule has 0 saturated heterocycles. The van der Waals surface area contributed by atoms with Gasteiger partial charge < -0.3 is 15.2 Å². The van der Waals surface area contributed by atoms with Gasteiger partial charge in [0.2, 0.25) is 0 Å². The predicted molar refractivity (Wildman–Crippen MR) is 117 cm³/mol. The number of rotatable bonds is 7. The first kappa shape index (κ1) is 22.1. The van der Waals surface area contributed by atoms with Gasteiger partial charge in [0.1, 0.15) is 24.0 Å². The summed E-state index contributed by atoms with van der Waals surface area (Å²) in [4.78, 5) is 15.9. The summed E-state index contributed by atoms with van der Waals surface area (Å²) in [6.45, 7) is 9.73. The molecule has 31 heavy (non-hydrogen) atoms. The summed E-state index contributed by atoms with van der Waals surface area (Å²) in [5.41, 5.74) is 8.83. The summed E-state index contributed by atoms with van der Waals surface area (Å²) in [5.74, 6) is 0.675. The highest BCUT2D eigenvalue weighted by molar-refractivity contribution is 5.67. The number of hydrogen-bond acceptors (Lipinski definition) is 6. The monoisotopic (exact) mass is 421 g/mol. The highest BCUT2D eigenvalue weighted by atomic mass is 16.6. The van der Waals surface area contributed by atoms with E-state index in [4.69, 9.17) is 15.2 Å². The molecule has 0 radical (unpaired) electrons. The predicted octanol–water partition coefficient (Wildman–Crippen LogP) is 4.16. The Balaban J connectivity index is 1.92. The minimum atomic E-state index is -0.896. The summed E-state index contributed by atoms with van der Waals surface area (Å²) in [7, 11) is 0. The first-order chi connectivity index (χ1) is 14.6. The molecule has 8 heteroatoms. The van der Waals surface area contributed by atoms with Crippen molar-refractivity contribution < 1.29 is 14.3 Å². The number of aromatic nitrogens is 3. The van der Waals surface area contributed by atoms with E-state index >= 15 is 0 Å². The van der Waals surface area contributed by atoms with Crippen molar-refractivity contribution in [2.24, 2.45) is 11.7 Å². The lowest BCUT2D eigenvalue weighted by Gasteiger charge is -2.30. The third-order valence-electron chi connectivity index (χ3n) is 4.79. The summed E-state index contributed by atoms with van der Waals surface area (Å²) in [5, 5.41) is 14.2. The van der Waals surface area contributed by atoms with Gasteiger partial charge in [-0.05, 0) is 57.4 Å². The van der Waals surface area contributed by atoms with Crippen LogP contribution in [0.3, 0.4) is 0 Å². The average Bonchev–Trinajstić information content (AvgIpc) is 3.04. The molecule has 1 aromatic carbocycles. The summed E-state index contributed by atoms with van der Waals surface area (Å²) in [6.07, 6.45) is -0.280. The summed E-state index contributed by atoms with van der Waals surface area (Å²) in [6, 6.07) is 11.4. The molecule has 2 N–H and O–H groups in total. The Morgan fingerprint density at radius 3 is 2.65 bits per heavy atom. The first-order valence-electron chi connectivity index (χ1n) is 10.1. The van der Waals surface area contributed by atoms with E-state index in [9.17, 15) is 10.1 Å². The maximum atomic E-state index is 11.3. The molecule has 162 valence electrons. The third kappa shape index (κ3) is 5.12. The van der Waals surface area contributed by atoms with Crippen LogP contribution in [0.1, 0.15) is 44.1 Å². The minimum absolute atomic E-state index is 0.0824. The van der Waals surface area contributed by atoms with Crippen LogP contribution in [0.25, 0.3) is 16.9 Å². The fraction of sp³-hybridized carbons (Fsp3) is 0.391. The lowest BCUT2D eigenvalue weighted by atomic mass is 9.95. The molecule has 0 fully saturated rings. The zero-order valence-electron chi connectivity index (χ0n) is 18.5. The molecule has 0 saturated carbocycles. The molecule has 0 spiro atoms. The third-order valence-corrected chi connectivity index (χ3v) is 4.79. The second-order valence-electron chi connectivity index (χ2n) is 8.42. The average molecular weight is 422 g/mol. The van der Waals surface area contributed by atoms with Crippen LogP contribution in [0.15, 0.2) is 30.3 Å². The van der Waals surface area contributed by atoms with Gasteiger partial charge in [-0.3, -0.25) is 0 Å². The Kier molecular flexibility index (Phi) is 6.16. The molecule has 1 unspecified atom stereocenters. The quantitative estimate of drug-likeness (QED) is 0.612. The van der Waals surface area contributed by atoms with Crippen LogP contribution in [-0.4, -0.2) is 32.9 Å². The van der Waals surface area contributed by atoms with Crippen molar-refractivity contribution in [3.05, 3.63) is 47.3 Å². The number of nitrogens with two attached hydrogens (primary N) is 1. The lowest BCUT2D eigenvalue weighted by molar-refractivity contribution is -0.0186. The first-order valence-corrected chi connectivity index (χ1v) is 10.1. The number of fused-ring (bicyclic) bond motifs is 1. The maximum Gasteiger partial charge on any atom is 0.405 e. The second-order valence-corrected chi connectivity index (χ2v) is 8.42. The van der Waals surface area contributed by atoms with Gasteiger partial charge in [0.15, 0.2) is 5.65 Å². The van der Waals surface area contributed by atoms with Crippen molar-refractivity contribution >= 4 is 11.7 Å². The van der Waals surface area contributed by atoms with Crippen molar-refractivity contribution in [1.82, 2.24) is 14.6 Å². The molecule has 3 rings (SSSR count). The molecule has 0 aliphatic carbocycles. The number of nitriles is 1. The van der Waals surface area contributed by atoms with E-state index in [2.05, 4.69) is 16.2 Å². The van der Waals surface area contributed by atoms with E-state index < -0.39 is 11.7 Å². The van der Waals surface area contributed by atoms with Gasteiger partial charge in [0, 0.05) is 17.3 Å². The van der Waals surface area contributed by atoms with Gasteiger partial charge in [0.25, 0.3) is 0 Å². The number of nitrogens with zero attached hydrogens (tertiary/aromatic N) is 4. The largest absolute Gasteiger partial charge is 0.488 e. The Hall–Kier alpha value is -3.60. The maximum absolute atomic E-state index is 11.3. The number of carbonyl (C=O) groups is 1. The molecule has 3 aromatic rings. The number of primary amides is 1. The fourth-order valence-corrected chi connectivity index (χ4v) is 3.79. The molecular formula is C23H27N5O3. The Bertz CT molecular complexity index is 1160. The van der Waals surface area contributed by atoms with E-state index in [1.807, 2.05) is 45.9 Å². The smallest absolute Gasteiger partial charge is 0.405 e.